The Morgan fingerprint density at radius 1 is 1.06 bits per heavy atom. The number of hydrogen-bond donors (Lipinski definition) is 1. The SMILES string of the molecule is Cl.NC1CCN(C(=O)CCC2CCCCC2)CC1. The maximum Gasteiger partial charge on any atom is 0.222 e. The molecule has 0 spiro atoms. The number of nitrogens with zero attached hydrogens (tertiary/aromatic N) is 1. The van der Waals surface area contributed by atoms with Gasteiger partial charge >= 0.3 is 0 Å². The first-order valence-electron chi connectivity index (χ1n) is 7.29. The number of rotatable bonds is 3. The Balaban J connectivity index is 0.00000162. The van der Waals surface area contributed by atoms with E-state index < -0.39 is 0 Å². The number of carbonyl (C=O) groups excluding carboxylic acids is 1. The van der Waals surface area contributed by atoms with Gasteiger partial charge in [0.1, 0.15) is 0 Å². The lowest BCUT2D eigenvalue weighted by Gasteiger charge is -2.31. The van der Waals surface area contributed by atoms with Gasteiger partial charge in [-0.05, 0) is 25.2 Å². The number of carbonyl (C=O) groups is 1. The van der Waals surface area contributed by atoms with Gasteiger partial charge in [0, 0.05) is 25.6 Å². The second kappa shape index (κ2) is 8.00. The maximum atomic E-state index is 12.0. The molecule has 2 N–H and O–H groups in total. The van der Waals surface area contributed by atoms with E-state index in [1.165, 1.54) is 32.1 Å². The lowest BCUT2D eigenvalue weighted by atomic mass is 9.86. The predicted octanol–water partition coefficient (Wildman–Crippen LogP) is 2.72. The number of likely N-dealkylation sites (tertiary alicyclic amines) is 1. The van der Waals surface area contributed by atoms with Gasteiger partial charge in [0.05, 0.1) is 0 Å². The summed E-state index contributed by atoms with van der Waals surface area (Å²) < 4.78 is 0. The highest BCUT2D eigenvalue weighted by Gasteiger charge is 2.21. The van der Waals surface area contributed by atoms with E-state index in [-0.39, 0.29) is 12.4 Å². The van der Waals surface area contributed by atoms with Gasteiger partial charge in [-0.3, -0.25) is 4.79 Å². The Morgan fingerprint density at radius 3 is 2.28 bits per heavy atom. The van der Waals surface area contributed by atoms with Crippen LogP contribution in [0.3, 0.4) is 0 Å². The zero-order chi connectivity index (χ0) is 12.1. The highest BCUT2D eigenvalue weighted by atomic mass is 35.5. The van der Waals surface area contributed by atoms with E-state index in [2.05, 4.69) is 0 Å². The minimum absolute atomic E-state index is 0. The molecule has 2 fully saturated rings. The van der Waals surface area contributed by atoms with E-state index in [9.17, 15) is 4.79 Å². The molecular weight excluding hydrogens is 248 g/mol. The Morgan fingerprint density at radius 2 is 1.67 bits per heavy atom. The van der Waals surface area contributed by atoms with Crippen LogP contribution in [0.1, 0.15) is 57.8 Å². The summed E-state index contributed by atoms with van der Waals surface area (Å²) in [6.07, 6.45) is 10.7. The van der Waals surface area contributed by atoms with Crippen LogP contribution in [-0.4, -0.2) is 29.9 Å². The van der Waals surface area contributed by atoms with Crippen molar-refractivity contribution in [2.45, 2.75) is 63.8 Å². The average molecular weight is 275 g/mol. The van der Waals surface area contributed by atoms with Crippen LogP contribution in [0.15, 0.2) is 0 Å². The van der Waals surface area contributed by atoms with Gasteiger partial charge in [0.15, 0.2) is 0 Å². The van der Waals surface area contributed by atoms with Gasteiger partial charge in [0.25, 0.3) is 0 Å². The van der Waals surface area contributed by atoms with Crippen LogP contribution in [0.2, 0.25) is 0 Å². The molecule has 1 saturated carbocycles. The van der Waals surface area contributed by atoms with E-state index in [0.29, 0.717) is 11.9 Å². The van der Waals surface area contributed by atoms with Crippen LogP contribution in [0.4, 0.5) is 0 Å². The number of nitrogens with two attached hydrogens (primary N) is 1. The van der Waals surface area contributed by atoms with Gasteiger partial charge in [-0.25, -0.2) is 0 Å². The fourth-order valence-electron chi connectivity index (χ4n) is 3.11. The molecule has 2 rings (SSSR count). The molecule has 0 aromatic heterocycles. The molecule has 0 bridgehead atoms. The first-order chi connectivity index (χ1) is 8.25. The Kier molecular flexibility index (Phi) is 7.02. The van der Waals surface area contributed by atoms with Crippen molar-refractivity contribution in [3.05, 3.63) is 0 Å². The number of hydrogen-bond acceptors (Lipinski definition) is 2. The van der Waals surface area contributed by atoms with Gasteiger partial charge in [0.2, 0.25) is 5.91 Å². The quantitative estimate of drug-likeness (QED) is 0.860. The predicted molar refractivity (Wildman–Crippen MR) is 76.8 cm³/mol. The van der Waals surface area contributed by atoms with E-state index in [0.717, 1.165) is 44.7 Å². The second-order valence-corrected chi connectivity index (χ2v) is 5.76. The van der Waals surface area contributed by atoms with Crippen molar-refractivity contribution in [1.29, 1.82) is 0 Å². The van der Waals surface area contributed by atoms with Crippen LogP contribution >= 0.6 is 12.4 Å². The first kappa shape index (κ1) is 15.8. The standard InChI is InChI=1S/C14H26N2O.ClH/c15-13-8-10-16(11-9-13)14(17)7-6-12-4-2-1-3-5-12;/h12-13H,1-11,15H2;1H. The summed E-state index contributed by atoms with van der Waals surface area (Å²) >= 11 is 0. The summed E-state index contributed by atoms with van der Waals surface area (Å²) in [6, 6.07) is 0.317. The van der Waals surface area contributed by atoms with Gasteiger partial charge in [-0.1, -0.05) is 32.1 Å². The first-order valence-corrected chi connectivity index (χ1v) is 7.29. The van der Waals surface area contributed by atoms with Crippen molar-refractivity contribution in [2.75, 3.05) is 13.1 Å². The monoisotopic (exact) mass is 274 g/mol. The smallest absolute Gasteiger partial charge is 0.222 e. The van der Waals surface area contributed by atoms with Gasteiger partial charge in [-0.2, -0.15) is 0 Å². The Hall–Kier alpha value is -0.280. The summed E-state index contributed by atoms with van der Waals surface area (Å²) in [7, 11) is 0. The van der Waals surface area contributed by atoms with E-state index in [1.807, 2.05) is 4.90 Å². The van der Waals surface area contributed by atoms with Crippen LogP contribution in [-0.2, 0) is 4.79 Å². The third kappa shape index (κ3) is 4.77. The third-order valence-electron chi connectivity index (χ3n) is 4.38. The number of piperidine rings is 1. The molecule has 3 nitrogen and oxygen atoms in total. The lowest BCUT2D eigenvalue weighted by molar-refractivity contribution is -0.132. The fraction of sp³-hybridized carbons (Fsp3) is 0.929. The molecule has 1 saturated heterocycles. The molecule has 1 aliphatic heterocycles. The van der Waals surface area contributed by atoms with Gasteiger partial charge in [-0.15, -0.1) is 12.4 Å². The van der Waals surface area contributed by atoms with Crippen LogP contribution in [0.5, 0.6) is 0 Å². The van der Waals surface area contributed by atoms with Gasteiger partial charge < -0.3 is 10.6 Å². The van der Waals surface area contributed by atoms with Crippen molar-refractivity contribution in [3.8, 4) is 0 Å². The highest BCUT2D eigenvalue weighted by molar-refractivity contribution is 5.85. The molecule has 0 atom stereocenters. The third-order valence-corrected chi connectivity index (χ3v) is 4.38. The molecule has 1 aliphatic carbocycles. The molecule has 1 heterocycles. The molecule has 106 valence electrons. The van der Waals surface area contributed by atoms with Crippen LogP contribution in [0, 0.1) is 5.92 Å². The molecule has 1 amide bonds. The van der Waals surface area contributed by atoms with Crippen molar-refractivity contribution in [2.24, 2.45) is 11.7 Å². The fourth-order valence-corrected chi connectivity index (χ4v) is 3.11. The van der Waals surface area contributed by atoms with Crippen molar-refractivity contribution in [1.82, 2.24) is 4.90 Å². The van der Waals surface area contributed by atoms with E-state index in [1.54, 1.807) is 0 Å². The average Bonchev–Trinajstić information content (AvgIpc) is 2.38. The van der Waals surface area contributed by atoms with Crippen molar-refractivity contribution >= 4 is 18.3 Å². The van der Waals surface area contributed by atoms with Crippen LogP contribution in [0.25, 0.3) is 0 Å². The Labute approximate surface area is 117 Å². The molecule has 0 aromatic rings. The normalized spacial score (nSPS) is 22.6. The Bertz CT molecular complexity index is 246. The van der Waals surface area contributed by atoms with Crippen molar-refractivity contribution in [3.63, 3.8) is 0 Å². The number of halogens is 1. The summed E-state index contributed by atoms with van der Waals surface area (Å²) in [4.78, 5) is 14.1. The highest BCUT2D eigenvalue weighted by Crippen LogP contribution is 2.27. The molecule has 18 heavy (non-hydrogen) atoms. The zero-order valence-electron chi connectivity index (χ0n) is 11.3. The summed E-state index contributed by atoms with van der Waals surface area (Å²) in [5.41, 5.74) is 5.85. The zero-order valence-corrected chi connectivity index (χ0v) is 12.1. The van der Waals surface area contributed by atoms with Crippen LogP contribution < -0.4 is 5.73 Å². The van der Waals surface area contributed by atoms with E-state index in [4.69, 9.17) is 5.73 Å². The van der Waals surface area contributed by atoms with E-state index >= 15 is 0 Å². The maximum absolute atomic E-state index is 12.0. The number of amides is 1. The molecule has 2 aliphatic rings. The molecule has 0 aromatic carbocycles. The topological polar surface area (TPSA) is 46.3 Å². The minimum atomic E-state index is 0. The summed E-state index contributed by atoms with van der Waals surface area (Å²) in [5.74, 6) is 1.18. The summed E-state index contributed by atoms with van der Waals surface area (Å²) in [6.45, 7) is 1.76. The molecule has 4 heteroatoms. The molecule has 0 radical (unpaired) electrons. The summed E-state index contributed by atoms with van der Waals surface area (Å²) in [5, 5.41) is 0. The second-order valence-electron chi connectivity index (χ2n) is 5.76. The molecular formula is C14H27ClN2O. The van der Waals surface area contributed by atoms with Crippen molar-refractivity contribution < 1.29 is 4.79 Å². The minimum Gasteiger partial charge on any atom is -0.343 e. The lowest BCUT2D eigenvalue weighted by Crippen LogP contribution is -2.42. The molecule has 0 unspecified atom stereocenters. The largest absolute Gasteiger partial charge is 0.343 e.